The van der Waals surface area contributed by atoms with Crippen LogP contribution in [-0.4, -0.2) is 82.3 Å². The van der Waals surface area contributed by atoms with Gasteiger partial charge in [0.05, 0.1) is 0 Å². The molecular formula is C11H27N5. The third-order valence-electron chi connectivity index (χ3n) is 3.00. The van der Waals surface area contributed by atoms with Crippen molar-refractivity contribution in [3.05, 3.63) is 0 Å². The lowest BCUT2D eigenvalue weighted by atomic mass is 10.3. The molecule has 0 spiro atoms. The molecule has 1 aliphatic heterocycles. The van der Waals surface area contributed by atoms with Crippen molar-refractivity contribution >= 4 is 0 Å². The van der Waals surface area contributed by atoms with E-state index in [1.165, 1.54) is 19.6 Å². The van der Waals surface area contributed by atoms with Crippen LogP contribution in [0.25, 0.3) is 0 Å². The lowest BCUT2D eigenvalue weighted by Gasteiger charge is -2.29. The first-order valence-electron chi connectivity index (χ1n) is 6.35. The van der Waals surface area contributed by atoms with Gasteiger partial charge in [-0.2, -0.15) is 0 Å². The van der Waals surface area contributed by atoms with Crippen LogP contribution >= 0.6 is 0 Å². The first kappa shape index (κ1) is 13.9. The van der Waals surface area contributed by atoms with Crippen molar-refractivity contribution in [2.45, 2.75) is 0 Å². The zero-order chi connectivity index (χ0) is 11.6. The van der Waals surface area contributed by atoms with Crippen LogP contribution in [0.3, 0.4) is 0 Å². The van der Waals surface area contributed by atoms with Gasteiger partial charge >= 0.3 is 0 Å². The van der Waals surface area contributed by atoms with E-state index in [2.05, 4.69) is 27.5 Å². The SMILES string of the molecule is CN(CCNCCN)CCN1CCNCC1. The monoisotopic (exact) mass is 229 g/mol. The zero-order valence-corrected chi connectivity index (χ0v) is 10.5. The van der Waals surface area contributed by atoms with E-state index in [0.29, 0.717) is 0 Å². The van der Waals surface area contributed by atoms with E-state index >= 15 is 0 Å². The summed E-state index contributed by atoms with van der Waals surface area (Å²) in [6.45, 7) is 10.8. The second kappa shape index (κ2) is 8.90. The number of nitrogens with two attached hydrogens (primary N) is 1. The number of nitrogens with one attached hydrogen (secondary N) is 2. The Kier molecular flexibility index (Phi) is 7.71. The molecule has 0 aliphatic carbocycles. The molecule has 5 heteroatoms. The summed E-state index contributed by atoms with van der Waals surface area (Å²) in [6.07, 6.45) is 0. The minimum atomic E-state index is 0.727. The molecule has 0 aromatic carbocycles. The molecule has 1 heterocycles. The van der Waals surface area contributed by atoms with Gasteiger partial charge in [0, 0.05) is 65.4 Å². The molecule has 1 aliphatic rings. The molecule has 1 saturated heterocycles. The molecule has 0 atom stereocenters. The molecule has 1 fully saturated rings. The van der Waals surface area contributed by atoms with E-state index in [1.807, 2.05) is 0 Å². The van der Waals surface area contributed by atoms with Crippen LogP contribution in [-0.2, 0) is 0 Å². The average molecular weight is 229 g/mol. The standard InChI is InChI=1S/C11H27N5/c1-15(7-4-13-3-2-12)10-11-16-8-5-14-6-9-16/h13-14H,2-12H2,1H3. The Bertz CT molecular complexity index is 158. The smallest absolute Gasteiger partial charge is 0.0110 e. The van der Waals surface area contributed by atoms with Crippen LogP contribution < -0.4 is 16.4 Å². The van der Waals surface area contributed by atoms with Gasteiger partial charge in [0.25, 0.3) is 0 Å². The van der Waals surface area contributed by atoms with Crippen LogP contribution in [0.2, 0.25) is 0 Å². The van der Waals surface area contributed by atoms with Crippen molar-refractivity contribution in [1.82, 2.24) is 20.4 Å². The molecule has 16 heavy (non-hydrogen) atoms. The van der Waals surface area contributed by atoms with E-state index in [4.69, 9.17) is 5.73 Å². The van der Waals surface area contributed by atoms with Gasteiger partial charge in [-0.25, -0.2) is 0 Å². The van der Waals surface area contributed by atoms with E-state index in [9.17, 15) is 0 Å². The van der Waals surface area contributed by atoms with Crippen molar-refractivity contribution in [1.29, 1.82) is 0 Å². The largest absolute Gasteiger partial charge is 0.329 e. The van der Waals surface area contributed by atoms with Gasteiger partial charge in [-0.15, -0.1) is 0 Å². The van der Waals surface area contributed by atoms with Crippen LogP contribution in [0, 0.1) is 0 Å². The van der Waals surface area contributed by atoms with Gasteiger partial charge in [0.15, 0.2) is 0 Å². The van der Waals surface area contributed by atoms with E-state index in [0.717, 1.165) is 45.8 Å². The van der Waals surface area contributed by atoms with Crippen molar-refractivity contribution in [3.8, 4) is 0 Å². The third-order valence-corrected chi connectivity index (χ3v) is 3.00. The Balaban J connectivity index is 1.94. The van der Waals surface area contributed by atoms with Crippen molar-refractivity contribution in [3.63, 3.8) is 0 Å². The van der Waals surface area contributed by atoms with Crippen molar-refractivity contribution in [2.75, 3.05) is 72.5 Å². The molecule has 0 saturated carbocycles. The fourth-order valence-corrected chi connectivity index (χ4v) is 1.86. The molecule has 0 aromatic rings. The fourth-order valence-electron chi connectivity index (χ4n) is 1.86. The summed E-state index contributed by atoms with van der Waals surface area (Å²) in [7, 11) is 2.19. The molecule has 4 N–H and O–H groups in total. The summed E-state index contributed by atoms with van der Waals surface area (Å²) < 4.78 is 0. The summed E-state index contributed by atoms with van der Waals surface area (Å²) in [5.41, 5.74) is 5.41. The maximum absolute atomic E-state index is 5.41. The predicted molar refractivity (Wildman–Crippen MR) is 68.7 cm³/mol. The number of nitrogens with zero attached hydrogens (tertiary/aromatic N) is 2. The Morgan fingerprint density at radius 2 is 2.00 bits per heavy atom. The maximum atomic E-state index is 5.41. The molecule has 0 unspecified atom stereocenters. The zero-order valence-electron chi connectivity index (χ0n) is 10.5. The van der Waals surface area contributed by atoms with E-state index in [1.54, 1.807) is 0 Å². The summed E-state index contributed by atoms with van der Waals surface area (Å²) in [4.78, 5) is 4.91. The highest BCUT2D eigenvalue weighted by Gasteiger charge is 2.09. The highest BCUT2D eigenvalue weighted by atomic mass is 15.2. The normalized spacial score (nSPS) is 18.2. The number of rotatable bonds is 8. The van der Waals surface area contributed by atoms with E-state index in [-0.39, 0.29) is 0 Å². The van der Waals surface area contributed by atoms with Gasteiger partial charge in [0.2, 0.25) is 0 Å². The number of hydrogen-bond donors (Lipinski definition) is 3. The summed E-state index contributed by atoms with van der Waals surface area (Å²) in [5.74, 6) is 0. The highest BCUT2D eigenvalue weighted by Crippen LogP contribution is 1.92. The van der Waals surface area contributed by atoms with Gasteiger partial charge in [0.1, 0.15) is 0 Å². The lowest BCUT2D eigenvalue weighted by molar-refractivity contribution is 0.205. The molecule has 96 valence electrons. The number of likely N-dealkylation sites (N-methyl/N-ethyl adjacent to an activating group) is 1. The summed E-state index contributed by atoms with van der Waals surface area (Å²) >= 11 is 0. The minimum absolute atomic E-state index is 0.727. The van der Waals surface area contributed by atoms with Crippen LogP contribution in [0.5, 0.6) is 0 Å². The third kappa shape index (κ3) is 6.40. The van der Waals surface area contributed by atoms with Crippen molar-refractivity contribution < 1.29 is 0 Å². The Labute approximate surface area is 99.3 Å². The molecule has 5 nitrogen and oxygen atoms in total. The lowest BCUT2D eigenvalue weighted by Crippen LogP contribution is -2.46. The second-order valence-corrected chi connectivity index (χ2v) is 4.43. The van der Waals surface area contributed by atoms with Gasteiger partial charge in [-0.05, 0) is 7.05 Å². The maximum Gasteiger partial charge on any atom is 0.0110 e. The summed E-state index contributed by atoms with van der Waals surface area (Å²) in [5, 5.41) is 6.69. The highest BCUT2D eigenvalue weighted by molar-refractivity contribution is 4.68. The van der Waals surface area contributed by atoms with Crippen LogP contribution in [0.15, 0.2) is 0 Å². The quantitative estimate of drug-likeness (QED) is 0.437. The first-order valence-corrected chi connectivity index (χ1v) is 6.35. The molecular weight excluding hydrogens is 202 g/mol. The Morgan fingerprint density at radius 1 is 1.25 bits per heavy atom. The second-order valence-electron chi connectivity index (χ2n) is 4.43. The molecule has 1 rings (SSSR count). The van der Waals surface area contributed by atoms with E-state index < -0.39 is 0 Å². The average Bonchev–Trinajstić information content (AvgIpc) is 2.33. The topological polar surface area (TPSA) is 56.6 Å². The fraction of sp³-hybridized carbons (Fsp3) is 1.00. The van der Waals surface area contributed by atoms with Gasteiger partial charge < -0.3 is 21.3 Å². The van der Waals surface area contributed by atoms with Crippen LogP contribution in [0.4, 0.5) is 0 Å². The molecule has 0 radical (unpaired) electrons. The molecule has 0 aromatic heterocycles. The number of piperazine rings is 1. The number of hydrogen-bond acceptors (Lipinski definition) is 5. The first-order chi connectivity index (χ1) is 7.83. The van der Waals surface area contributed by atoms with Crippen LogP contribution in [0.1, 0.15) is 0 Å². The van der Waals surface area contributed by atoms with Gasteiger partial charge in [-0.3, -0.25) is 4.90 Å². The molecule has 0 amide bonds. The van der Waals surface area contributed by atoms with Gasteiger partial charge in [-0.1, -0.05) is 0 Å². The Hall–Kier alpha value is -0.200. The van der Waals surface area contributed by atoms with Crippen molar-refractivity contribution in [2.24, 2.45) is 5.73 Å². The molecule has 0 bridgehead atoms. The summed E-state index contributed by atoms with van der Waals surface area (Å²) in [6, 6.07) is 0. The predicted octanol–water partition coefficient (Wildman–Crippen LogP) is -1.63. The minimum Gasteiger partial charge on any atom is -0.329 e. The Morgan fingerprint density at radius 3 is 2.69 bits per heavy atom.